The van der Waals surface area contributed by atoms with Crippen LogP contribution in [-0.2, 0) is 17.6 Å². The minimum absolute atomic E-state index is 0.0823. The molecule has 6 heteroatoms. The number of nitrogens with zero attached hydrogens (tertiary/aromatic N) is 1. The second-order valence-corrected chi connectivity index (χ2v) is 9.21. The summed E-state index contributed by atoms with van der Waals surface area (Å²) >= 11 is 1.80. The van der Waals surface area contributed by atoms with Crippen molar-refractivity contribution >= 4 is 35.0 Å². The van der Waals surface area contributed by atoms with Crippen LogP contribution in [0.2, 0.25) is 0 Å². The summed E-state index contributed by atoms with van der Waals surface area (Å²) in [6, 6.07) is 17.2. The number of amides is 2. The first kappa shape index (κ1) is 20.3. The number of hydrogen-bond acceptors (Lipinski definition) is 4. The van der Waals surface area contributed by atoms with Crippen molar-refractivity contribution in [3.63, 3.8) is 0 Å². The van der Waals surface area contributed by atoms with Gasteiger partial charge in [0.1, 0.15) is 0 Å². The van der Waals surface area contributed by atoms with Crippen molar-refractivity contribution in [3.05, 3.63) is 77.7 Å². The first-order valence-electron chi connectivity index (χ1n) is 10.0. The Morgan fingerprint density at radius 2 is 1.93 bits per heavy atom. The number of thioether (sulfide) groups is 1. The van der Waals surface area contributed by atoms with E-state index in [4.69, 9.17) is 4.42 Å². The fourth-order valence-corrected chi connectivity index (χ4v) is 4.39. The molecule has 2 aromatic carbocycles. The van der Waals surface area contributed by atoms with E-state index in [-0.39, 0.29) is 11.8 Å². The maximum Gasteiger partial charge on any atom is 0.293 e. The molecule has 0 aliphatic carbocycles. The molecule has 0 fully saturated rings. The standard InChI is InChI=1S/C24H24N2O3S/c1-16(2)30-20-9-5-17(6-10-20)14-23(27)25-19-8-7-18-11-12-26(21(18)15-19)24(28)22-4-3-13-29-22/h3-10,13,15-16H,11-12,14H2,1-2H3,(H,25,27). The van der Waals surface area contributed by atoms with Crippen molar-refractivity contribution in [2.24, 2.45) is 0 Å². The van der Waals surface area contributed by atoms with Crippen molar-refractivity contribution in [3.8, 4) is 0 Å². The Kier molecular flexibility index (Phi) is 5.95. The molecule has 0 saturated heterocycles. The Hall–Kier alpha value is -2.99. The molecule has 1 aromatic heterocycles. The van der Waals surface area contributed by atoms with E-state index in [2.05, 4.69) is 31.3 Å². The normalized spacial score (nSPS) is 12.8. The van der Waals surface area contributed by atoms with Gasteiger partial charge in [0, 0.05) is 28.1 Å². The van der Waals surface area contributed by atoms with Gasteiger partial charge < -0.3 is 14.6 Å². The van der Waals surface area contributed by atoms with Crippen LogP contribution in [0.3, 0.4) is 0 Å². The number of rotatable bonds is 6. The summed E-state index contributed by atoms with van der Waals surface area (Å²) in [5, 5.41) is 3.48. The Morgan fingerprint density at radius 1 is 1.13 bits per heavy atom. The molecule has 0 saturated carbocycles. The SMILES string of the molecule is CC(C)Sc1ccc(CC(=O)Nc2ccc3c(c2)N(C(=O)c2ccco2)CC3)cc1. The van der Waals surface area contributed by atoms with Crippen molar-refractivity contribution in [2.75, 3.05) is 16.8 Å². The quantitative estimate of drug-likeness (QED) is 0.559. The summed E-state index contributed by atoms with van der Waals surface area (Å²) < 4.78 is 5.25. The number of nitrogens with one attached hydrogen (secondary N) is 1. The van der Waals surface area contributed by atoms with Crippen molar-refractivity contribution in [1.29, 1.82) is 0 Å². The van der Waals surface area contributed by atoms with Crippen LogP contribution in [0.1, 0.15) is 35.5 Å². The summed E-state index contributed by atoms with van der Waals surface area (Å²) in [6.45, 7) is 4.92. The molecule has 0 bridgehead atoms. The molecule has 0 radical (unpaired) electrons. The summed E-state index contributed by atoms with van der Waals surface area (Å²) in [5.74, 6) is 0.0686. The molecule has 0 spiro atoms. The molecule has 30 heavy (non-hydrogen) atoms. The molecule has 4 rings (SSSR count). The predicted molar refractivity (Wildman–Crippen MR) is 120 cm³/mol. The lowest BCUT2D eigenvalue weighted by molar-refractivity contribution is -0.115. The lowest BCUT2D eigenvalue weighted by atomic mass is 10.1. The molecule has 3 aromatic rings. The van der Waals surface area contributed by atoms with Gasteiger partial charge >= 0.3 is 0 Å². The van der Waals surface area contributed by atoms with Gasteiger partial charge in [-0.1, -0.05) is 32.0 Å². The maximum atomic E-state index is 12.7. The van der Waals surface area contributed by atoms with E-state index in [1.54, 1.807) is 28.8 Å². The van der Waals surface area contributed by atoms with Gasteiger partial charge in [-0.05, 0) is 53.9 Å². The molecular weight excluding hydrogens is 396 g/mol. The van der Waals surface area contributed by atoms with E-state index in [9.17, 15) is 9.59 Å². The van der Waals surface area contributed by atoms with E-state index < -0.39 is 0 Å². The lowest BCUT2D eigenvalue weighted by Gasteiger charge is -2.17. The van der Waals surface area contributed by atoms with Gasteiger partial charge in [0.25, 0.3) is 5.91 Å². The monoisotopic (exact) mass is 420 g/mol. The summed E-state index contributed by atoms with van der Waals surface area (Å²) in [4.78, 5) is 28.1. The zero-order chi connectivity index (χ0) is 21.1. The number of fused-ring (bicyclic) bond motifs is 1. The number of carbonyl (C=O) groups excluding carboxylic acids is 2. The maximum absolute atomic E-state index is 12.7. The summed E-state index contributed by atoms with van der Waals surface area (Å²) in [5.41, 5.74) is 3.57. The number of furan rings is 1. The summed E-state index contributed by atoms with van der Waals surface area (Å²) in [6.07, 6.45) is 2.59. The van der Waals surface area contributed by atoms with Crippen LogP contribution in [-0.4, -0.2) is 23.6 Å². The first-order chi connectivity index (χ1) is 14.5. The highest BCUT2D eigenvalue weighted by Crippen LogP contribution is 2.32. The van der Waals surface area contributed by atoms with Crippen molar-refractivity contribution < 1.29 is 14.0 Å². The second-order valence-electron chi connectivity index (χ2n) is 7.56. The third kappa shape index (κ3) is 4.60. The molecule has 2 heterocycles. The van der Waals surface area contributed by atoms with Gasteiger partial charge in [-0.25, -0.2) is 0 Å². The Morgan fingerprint density at radius 3 is 2.63 bits per heavy atom. The van der Waals surface area contributed by atoms with Crippen molar-refractivity contribution in [1.82, 2.24) is 0 Å². The average molecular weight is 421 g/mol. The zero-order valence-electron chi connectivity index (χ0n) is 17.1. The van der Waals surface area contributed by atoms with Gasteiger partial charge in [-0.15, -0.1) is 11.8 Å². The number of anilines is 2. The average Bonchev–Trinajstić information content (AvgIpc) is 3.38. The van der Waals surface area contributed by atoms with E-state index in [1.807, 2.05) is 30.3 Å². The fraction of sp³-hybridized carbons (Fsp3) is 0.250. The highest BCUT2D eigenvalue weighted by atomic mass is 32.2. The van der Waals surface area contributed by atoms with Gasteiger partial charge in [0.05, 0.1) is 12.7 Å². The molecule has 1 N–H and O–H groups in total. The van der Waals surface area contributed by atoms with Gasteiger partial charge in [-0.3, -0.25) is 9.59 Å². The van der Waals surface area contributed by atoms with E-state index >= 15 is 0 Å². The third-order valence-corrected chi connectivity index (χ3v) is 5.92. The largest absolute Gasteiger partial charge is 0.459 e. The highest BCUT2D eigenvalue weighted by molar-refractivity contribution is 7.99. The topological polar surface area (TPSA) is 62.6 Å². The number of benzene rings is 2. The zero-order valence-corrected chi connectivity index (χ0v) is 17.9. The Balaban J connectivity index is 1.42. The van der Waals surface area contributed by atoms with E-state index in [1.165, 1.54) is 11.2 Å². The van der Waals surface area contributed by atoms with Crippen LogP contribution in [0.15, 0.2) is 70.2 Å². The van der Waals surface area contributed by atoms with Crippen LogP contribution in [0.4, 0.5) is 11.4 Å². The molecule has 5 nitrogen and oxygen atoms in total. The molecule has 154 valence electrons. The van der Waals surface area contributed by atoms with Gasteiger partial charge in [-0.2, -0.15) is 0 Å². The fourth-order valence-electron chi connectivity index (χ4n) is 3.55. The molecule has 0 atom stereocenters. The lowest BCUT2D eigenvalue weighted by Crippen LogP contribution is -2.28. The van der Waals surface area contributed by atoms with Gasteiger partial charge in [0.15, 0.2) is 5.76 Å². The molecule has 1 aliphatic rings. The van der Waals surface area contributed by atoms with Crippen LogP contribution >= 0.6 is 11.8 Å². The van der Waals surface area contributed by atoms with Crippen LogP contribution in [0.5, 0.6) is 0 Å². The number of carbonyl (C=O) groups is 2. The van der Waals surface area contributed by atoms with E-state index in [0.29, 0.717) is 29.7 Å². The highest BCUT2D eigenvalue weighted by Gasteiger charge is 2.27. The third-order valence-electron chi connectivity index (χ3n) is 4.90. The molecule has 2 amide bonds. The van der Waals surface area contributed by atoms with Crippen LogP contribution in [0, 0.1) is 0 Å². The predicted octanol–water partition coefficient (Wildman–Crippen LogP) is 5.16. The first-order valence-corrected chi connectivity index (χ1v) is 10.9. The second kappa shape index (κ2) is 8.79. The molecule has 0 unspecified atom stereocenters. The Bertz CT molecular complexity index is 1040. The van der Waals surface area contributed by atoms with E-state index in [0.717, 1.165) is 23.2 Å². The Labute approximate surface area is 180 Å². The minimum atomic E-state index is -0.165. The minimum Gasteiger partial charge on any atom is -0.459 e. The molecular formula is C24H24N2O3S. The van der Waals surface area contributed by atoms with Gasteiger partial charge in [0.2, 0.25) is 5.91 Å². The number of hydrogen-bond donors (Lipinski definition) is 1. The summed E-state index contributed by atoms with van der Waals surface area (Å²) in [7, 11) is 0. The van der Waals surface area contributed by atoms with Crippen LogP contribution in [0.25, 0.3) is 0 Å². The van der Waals surface area contributed by atoms with Crippen molar-refractivity contribution in [2.45, 2.75) is 36.8 Å². The smallest absolute Gasteiger partial charge is 0.293 e. The molecule has 1 aliphatic heterocycles. The van der Waals surface area contributed by atoms with Crippen LogP contribution < -0.4 is 10.2 Å².